The summed E-state index contributed by atoms with van der Waals surface area (Å²) in [5.41, 5.74) is 0.827. The molecule has 0 bridgehead atoms. The second kappa shape index (κ2) is 8.52. The zero-order valence-corrected chi connectivity index (χ0v) is 15.4. The lowest BCUT2D eigenvalue weighted by molar-refractivity contribution is 0.0779. The SMILES string of the molecule is CCN(CCS(=O)CC)C(=O)c1sc(-c2cccnc2)nc1Cl. The Morgan fingerprint density at radius 3 is 2.83 bits per heavy atom. The molecule has 0 N–H and O–H groups in total. The number of halogens is 1. The molecule has 0 aliphatic rings. The molecule has 1 unspecified atom stereocenters. The molecule has 0 aliphatic carbocycles. The number of aromatic nitrogens is 2. The van der Waals surface area contributed by atoms with Gasteiger partial charge in [0.1, 0.15) is 9.88 Å². The van der Waals surface area contributed by atoms with Crippen LogP contribution in [0.1, 0.15) is 23.5 Å². The maximum absolute atomic E-state index is 12.6. The lowest BCUT2D eigenvalue weighted by Gasteiger charge is -2.19. The van der Waals surface area contributed by atoms with Gasteiger partial charge in [-0.25, -0.2) is 4.98 Å². The molecule has 2 aromatic rings. The van der Waals surface area contributed by atoms with Gasteiger partial charge in [0.15, 0.2) is 5.15 Å². The fourth-order valence-electron chi connectivity index (χ4n) is 1.95. The number of hydrogen-bond acceptors (Lipinski definition) is 5. The van der Waals surface area contributed by atoms with Crippen molar-refractivity contribution in [1.82, 2.24) is 14.9 Å². The first-order chi connectivity index (χ1) is 11.1. The summed E-state index contributed by atoms with van der Waals surface area (Å²) in [5, 5.41) is 0.869. The van der Waals surface area contributed by atoms with Crippen molar-refractivity contribution < 1.29 is 9.00 Å². The molecule has 5 nitrogen and oxygen atoms in total. The van der Waals surface area contributed by atoms with Crippen molar-refractivity contribution in [3.05, 3.63) is 34.6 Å². The number of rotatable bonds is 7. The Labute approximate surface area is 147 Å². The quantitative estimate of drug-likeness (QED) is 0.750. The third-order valence-corrected chi connectivity index (χ3v) is 6.03. The Kier molecular flexibility index (Phi) is 6.68. The second-order valence-corrected chi connectivity index (χ2v) is 7.92. The minimum atomic E-state index is -0.899. The third kappa shape index (κ3) is 4.59. The highest BCUT2D eigenvalue weighted by Gasteiger charge is 2.22. The summed E-state index contributed by atoms with van der Waals surface area (Å²) in [5.74, 6) is 0.901. The van der Waals surface area contributed by atoms with Crippen LogP contribution in [0.4, 0.5) is 0 Å². The van der Waals surface area contributed by atoms with Gasteiger partial charge >= 0.3 is 0 Å². The lowest BCUT2D eigenvalue weighted by atomic mass is 10.3. The molecular formula is C15H18ClN3O2S2. The molecule has 0 spiro atoms. The molecule has 8 heteroatoms. The fraction of sp³-hybridized carbons (Fsp3) is 0.400. The van der Waals surface area contributed by atoms with Crippen LogP contribution >= 0.6 is 22.9 Å². The van der Waals surface area contributed by atoms with Crippen molar-refractivity contribution in [2.75, 3.05) is 24.6 Å². The number of hydrogen-bond donors (Lipinski definition) is 0. The highest BCUT2D eigenvalue weighted by atomic mass is 35.5. The molecule has 23 heavy (non-hydrogen) atoms. The second-order valence-electron chi connectivity index (χ2n) is 4.70. The van der Waals surface area contributed by atoms with E-state index < -0.39 is 10.8 Å². The predicted octanol–water partition coefficient (Wildman–Crippen LogP) is 3.09. The summed E-state index contributed by atoms with van der Waals surface area (Å²) in [6.07, 6.45) is 3.36. The largest absolute Gasteiger partial charge is 0.337 e. The van der Waals surface area contributed by atoms with Gasteiger partial charge in [0, 0.05) is 53.4 Å². The molecule has 2 rings (SSSR count). The maximum Gasteiger partial charge on any atom is 0.267 e. The molecule has 1 atom stereocenters. The molecule has 0 saturated heterocycles. The van der Waals surface area contributed by atoms with E-state index >= 15 is 0 Å². The van der Waals surface area contributed by atoms with Crippen molar-refractivity contribution in [1.29, 1.82) is 0 Å². The van der Waals surface area contributed by atoms with Crippen LogP contribution in [0, 0.1) is 0 Å². The Hall–Kier alpha value is -1.31. The summed E-state index contributed by atoms with van der Waals surface area (Å²) in [6, 6.07) is 3.68. The van der Waals surface area contributed by atoms with E-state index in [0.717, 1.165) is 5.56 Å². The van der Waals surface area contributed by atoms with E-state index in [2.05, 4.69) is 9.97 Å². The van der Waals surface area contributed by atoms with Crippen LogP contribution in [-0.4, -0.2) is 49.6 Å². The topological polar surface area (TPSA) is 63.2 Å². The van der Waals surface area contributed by atoms with Crippen molar-refractivity contribution in [2.24, 2.45) is 0 Å². The van der Waals surface area contributed by atoms with Crippen LogP contribution in [0.3, 0.4) is 0 Å². The smallest absolute Gasteiger partial charge is 0.267 e. The van der Waals surface area contributed by atoms with E-state index in [0.29, 0.717) is 34.5 Å². The molecule has 124 valence electrons. The first-order valence-electron chi connectivity index (χ1n) is 7.27. The van der Waals surface area contributed by atoms with Crippen LogP contribution in [0.25, 0.3) is 10.6 Å². The number of pyridine rings is 1. The molecule has 1 amide bonds. The van der Waals surface area contributed by atoms with Crippen molar-refractivity contribution in [3.8, 4) is 10.6 Å². The van der Waals surface area contributed by atoms with E-state index in [-0.39, 0.29) is 11.1 Å². The highest BCUT2D eigenvalue weighted by molar-refractivity contribution is 7.84. The average Bonchev–Trinajstić information content (AvgIpc) is 2.97. The van der Waals surface area contributed by atoms with E-state index in [1.807, 2.05) is 26.0 Å². The Morgan fingerprint density at radius 1 is 1.43 bits per heavy atom. The average molecular weight is 372 g/mol. The standard InChI is InChI=1S/C15H18ClN3O2S2/c1-3-19(8-9-23(21)4-2)15(20)12-13(16)18-14(22-12)11-6-5-7-17-10-11/h5-7,10H,3-4,8-9H2,1-2H3. The van der Waals surface area contributed by atoms with Crippen molar-refractivity contribution in [3.63, 3.8) is 0 Å². The van der Waals surface area contributed by atoms with Crippen molar-refractivity contribution in [2.45, 2.75) is 13.8 Å². The summed E-state index contributed by atoms with van der Waals surface area (Å²) >= 11 is 7.41. The van der Waals surface area contributed by atoms with Gasteiger partial charge in [-0.1, -0.05) is 18.5 Å². The van der Waals surface area contributed by atoms with E-state index in [1.165, 1.54) is 11.3 Å². The number of thiazole rings is 1. The summed E-state index contributed by atoms with van der Waals surface area (Å²) in [4.78, 5) is 23.0. The zero-order chi connectivity index (χ0) is 16.8. The fourth-order valence-corrected chi connectivity index (χ4v) is 3.91. The van der Waals surface area contributed by atoms with Gasteiger partial charge in [-0.3, -0.25) is 14.0 Å². The van der Waals surface area contributed by atoms with E-state index in [4.69, 9.17) is 11.6 Å². The van der Waals surface area contributed by atoms with Crippen LogP contribution in [0.2, 0.25) is 5.15 Å². The van der Waals surface area contributed by atoms with Gasteiger partial charge in [0.05, 0.1) is 0 Å². The van der Waals surface area contributed by atoms with Gasteiger partial charge < -0.3 is 4.90 Å². The maximum atomic E-state index is 12.6. The minimum Gasteiger partial charge on any atom is -0.337 e. The molecule has 0 fully saturated rings. The minimum absolute atomic E-state index is 0.168. The Morgan fingerprint density at radius 2 is 2.22 bits per heavy atom. The molecule has 0 saturated carbocycles. The number of carbonyl (C=O) groups is 1. The number of nitrogens with zero attached hydrogens (tertiary/aromatic N) is 3. The van der Waals surface area contributed by atoms with Crippen molar-refractivity contribution >= 4 is 39.6 Å². The number of amides is 1. The van der Waals surface area contributed by atoms with Gasteiger partial charge in [0.2, 0.25) is 0 Å². The molecule has 0 aromatic carbocycles. The Bertz CT molecular complexity index is 691. The molecule has 2 aromatic heterocycles. The van der Waals surface area contributed by atoms with Gasteiger partial charge in [-0.05, 0) is 19.1 Å². The molecule has 2 heterocycles. The van der Waals surface area contributed by atoms with Gasteiger partial charge in [0.25, 0.3) is 5.91 Å². The normalized spacial score (nSPS) is 12.1. The summed E-state index contributed by atoms with van der Waals surface area (Å²) in [6.45, 7) is 4.75. The van der Waals surface area contributed by atoms with Gasteiger partial charge in [-0.15, -0.1) is 11.3 Å². The van der Waals surface area contributed by atoms with E-state index in [9.17, 15) is 9.00 Å². The molecular weight excluding hydrogens is 354 g/mol. The van der Waals surface area contributed by atoms with Crippen LogP contribution in [0.15, 0.2) is 24.5 Å². The summed E-state index contributed by atoms with van der Waals surface area (Å²) < 4.78 is 11.6. The number of carbonyl (C=O) groups excluding carboxylic acids is 1. The van der Waals surface area contributed by atoms with E-state index in [1.54, 1.807) is 17.3 Å². The molecule has 0 aliphatic heterocycles. The summed E-state index contributed by atoms with van der Waals surface area (Å²) in [7, 11) is -0.899. The lowest BCUT2D eigenvalue weighted by Crippen LogP contribution is -2.34. The predicted molar refractivity (Wildman–Crippen MR) is 95.5 cm³/mol. The Balaban J connectivity index is 2.18. The zero-order valence-electron chi connectivity index (χ0n) is 13.0. The first kappa shape index (κ1) is 18.0. The molecule has 0 radical (unpaired) electrons. The van der Waals surface area contributed by atoms with Crippen LogP contribution in [-0.2, 0) is 10.8 Å². The first-order valence-corrected chi connectivity index (χ1v) is 9.96. The monoisotopic (exact) mass is 371 g/mol. The van der Waals surface area contributed by atoms with Crippen LogP contribution < -0.4 is 0 Å². The van der Waals surface area contributed by atoms with Crippen LogP contribution in [0.5, 0.6) is 0 Å². The third-order valence-electron chi connectivity index (χ3n) is 3.27. The van der Waals surface area contributed by atoms with Gasteiger partial charge in [-0.2, -0.15) is 0 Å². The highest BCUT2D eigenvalue weighted by Crippen LogP contribution is 2.31.